The first-order valence-corrected chi connectivity index (χ1v) is 10.9. The van der Waals surface area contributed by atoms with E-state index in [1.807, 2.05) is 13.0 Å². The molecule has 0 aliphatic heterocycles. The number of carbonyl (C=O) groups is 2. The Morgan fingerprint density at radius 1 is 1.10 bits per heavy atom. The smallest absolute Gasteiger partial charge is 0.307 e. The molecule has 0 aliphatic carbocycles. The van der Waals surface area contributed by atoms with Gasteiger partial charge in [-0.1, -0.05) is 35.3 Å². The molecule has 0 aromatic heterocycles. The number of methoxy groups -OCH3 is 1. The first-order chi connectivity index (χ1) is 14.1. The second-order valence-electron chi connectivity index (χ2n) is 6.11. The van der Waals surface area contributed by atoms with Crippen molar-refractivity contribution in [2.75, 3.05) is 25.6 Å². The van der Waals surface area contributed by atoms with Crippen molar-refractivity contribution in [1.82, 2.24) is 4.72 Å². The zero-order valence-corrected chi connectivity index (χ0v) is 18.5. The molecule has 2 aromatic rings. The van der Waals surface area contributed by atoms with Crippen molar-refractivity contribution in [3.8, 4) is 5.75 Å². The highest BCUT2D eigenvalue weighted by atomic mass is 35.5. The summed E-state index contributed by atoms with van der Waals surface area (Å²) in [6, 6.07) is 9.53. The molecule has 8 nitrogen and oxygen atoms in total. The van der Waals surface area contributed by atoms with Gasteiger partial charge in [0.2, 0.25) is 10.0 Å². The summed E-state index contributed by atoms with van der Waals surface area (Å²) in [6.07, 6.45) is -0.289. The first kappa shape index (κ1) is 23.9. The van der Waals surface area contributed by atoms with E-state index in [9.17, 15) is 18.0 Å². The van der Waals surface area contributed by atoms with Crippen LogP contribution < -0.4 is 14.8 Å². The number of aryl methyl sites for hydroxylation is 1. The fourth-order valence-corrected chi connectivity index (χ4v) is 4.59. The number of amides is 1. The number of hydrogen-bond donors (Lipinski definition) is 2. The fourth-order valence-electron chi connectivity index (χ4n) is 2.42. The number of sulfonamides is 1. The highest BCUT2D eigenvalue weighted by Gasteiger charge is 2.21. The number of halogens is 2. The number of ether oxygens (including phenoxy) is 2. The lowest BCUT2D eigenvalue weighted by molar-refractivity contribution is -0.147. The zero-order valence-electron chi connectivity index (χ0n) is 16.2. The van der Waals surface area contributed by atoms with Crippen molar-refractivity contribution in [3.05, 3.63) is 52.0 Å². The van der Waals surface area contributed by atoms with Gasteiger partial charge in [-0.15, -0.1) is 0 Å². The monoisotopic (exact) mass is 474 g/mol. The Labute approximate surface area is 184 Å². The highest BCUT2D eigenvalue weighted by Crippen LogP contribution is 2.28. The average molecular weight is 475 g/mol. The largest absolute Gasteiger partial charge is 0.495 e. The average Bonchev–Trinajstić information content (AvgIpc) is 2.66. The van der Waals surface area contributed by atoms with Gasteiger partial charge in [-0.05, 0) is 36.8 Å². The van der Waals surface area contributed by atoms with Crippen molar-refractivity contribution >= 4 is 50.8 Å². The molecule has 0 saturated carbocycles. The molecule has 0 atom stereocenters. The lowest BCUT2D eigenvalue weighted by atomic mass is 10.2. The molecule has 0 radical (unpaired) electrons. The van der Waals surface area contributed by atoms with Crippen molar-refractivity contribution in [2.45, 2.75) is 18.2 Å². The summed E-state index contributed by atoms with van der Waals surface area (Å²) in [5, 5.41) is 2.51. The summed E-state index contributed by atoms with van der Waals surface area (Å²) in [4.78, 5) is 23.6. The SMILES string of the molecule is COc1ccc(C)cc1NC(=O)COC(=O)CCNS(=O)(=O)c1c(Cl)cccc1Cl. The Morgan fingerprint density at radius 2 is 1.77 bits per heavy atom. The van der Waals surface area contributed by atoms with E-state index >= 15 is 0 Å². The summed E-state index contributed by atoms with van der Waals surface area (Å²) in [7, 11) is -2.55. The summed E-state index contributed by atoms with van der Waals surface area (Å²) >= 11 is 11.8. The molecular weight excluding hydrogens is 455 g/mol. The Morgan fingerprint density at radius 3 is 2.40 bits per heavy atom. The number of esters is 1. The van der Waals surface area contributed by atoms with Gasteiger partial charge in [0.05, 0.1) is 29.3 Å². The van der Waals surface area contributed by atoms with Crippen LogP contribution >= 0.6 is 23.2 Å². The van der Waals surface area contributed by atoms with Gasteiger partial charge in [-0.3, -0.25) is 9.59 Å². The Bertz CT molecular complexity index is 1020. The maximum Gasteiger partial charge on any atom is 0.307 e. The number of anilines is 1. The minimum atomic E-state index is -4.02. The van der Waals surface area contributed by atoms with Crippen LogP contribution in [0.1, 0.15) is 12.0 Å². The lowest BCUT2D eigenvalue weighted by Crippen LogP contribution is -2.28. The van der Waals surface area contributed by atoms with Gasteiger partial charge in [0, 0.05) is 6.54 Å². The zero-order chi connectivity index (χ0) is 22.3. The number of nitrogens with one attached hydrogen (secondary N) is 2. The molecule has 162 valence electrons. The molecule has 11 heteroatoms. The minimum Gasteiger partial charge on any atom is -0.495 e. The van der Waals surface area contributed by atoms with E-state index in [1.165, 1.54) is 25.3 Å². The summed E-state index contributed by atoms with van der Waals surface area (Å²) in [6.45, 7) is 1.07. The van der Waals surface area contributed by atoms with Crippen LogP contribution in [0.5, 0.6) is 5.75 Å². The third-order valence-corrected chi connectivity index (χ3v) is 6.22. The van der Waals surface area contributed by atoms with Crippen molar-refractivity contribution in [3.63, 3.8) is 0 Å². The van der Waals surface area contributed by atoms with Crippen LogP contribution in [-0.2, 0) is 24.3 Å². The quantitative estimate of drug-likeness (QED) is 0.539. The molecule has 0 saturated heterocycles. The van der Waals surface area contributed by atoms with Gasteiger partial charge < -0.3 is 14.8 Å². The van der Waals surface area contributed by atoms with Gasteiger partial charge in [0.1, 0.15) is 10.6 Å². The van der Waals surface area contributed by atoms with Gasteiger partial charge >= 0.3 is 5.97 Å². The van der Waals surface area contributed by atoms with E-state index in [0.29, 0.717) is 11.4 Å². The van der Waals surface area contributed by atoms with Crippen LogP contribution in [0.25, 0.3) is 0 Å². The summed E-state index contributed by atoms with van der Waals surface area (Å²) in [5.74, 6) is -0.849. The maximum absolute atomic E-state index is 12.3. The third kappa shape index (κ3) is 6.60. The molecule has 0 aliphatic rings. The Kier molecular flexibility index (Phi) is 8.48. The van der Waals surface area contributed by atoms with Crippen LogP contribution in [0, 0.1) is 6.92 Å². The topological polar surface area (TPSA) is 111 Å². The third-order valence-electron chi connectivity index (χ3n) is 3.80. The number of hydrogen-bond acceptors (Lipinski definition) is 6. The summed E-state index contributed by atoms with van der Waals surface area (Å²) < 4.78 is 36.9. The molecule has 0 heterocycles. The van der Waals surface area contributed by atoms with Crippen molar-refractivity contribution < 1.29 is 27.5 Å². The predicted molar refractivity (Wildman–Crippen MR) is 114 cm³/mol. The van der Waals surface area contributed by atoms with Gasteiger partial charge in [0.15, 0.2) is 6.61 Å². The number of carbonyl (C=O) groups excluding carboxylic acids is 2. The molecule has 2 N–H and O–H groups in total. The van der Waals surface area contributed by atoms with E-state index in [4.69, 9.17) is 32.7 Å². The standard InChI is InChI=1S/C19H20Cl2N2O6S/c1-12-6-7-16(28-2)15(10-12)23-17(24)11-29-18(25)8-9-22-30(26,27)19-13(20)4-3-5-14(19)21/h3-7,10,22H,8-9,11H2,1-2H3,(H,23,24). The van der Waals surface area contributed by atoms with E-state index in [1.54, 1.807) is 12.1 Å². The van der Waals surface area contributed by atoms with Crippen molar-refractivity contribution in [1.29, 1.82) is 0 Å². The van der Waals surface area contributed by atoms with Crippen LogP contribution in [0.4, 0.5) is 5.69 Å². The van der Waals surface area contributed by atoms with Crippen LogP contribution in [0.2, 0.25) is 10.0 Å². The molecule has 1 amide bonds. The van der Waals surface area contributed by atoms with Gasteiger partial charge in [-0.2, -0.15) is 0 Å². The maximum atomic E-state index is 12.3. The van der Waals surface area contributed by atoms with E-state index in [-0.39, 0.29) is 27.9 Å². The first-order valence-electron chi connectivity index (χ1n) is 8.68. The molecular formula is C19H20Cl2N2O6S. The van der Waals surface area contributed by atoms with Crippen LogP contribution in [-0.4, -0.2) is 40.6 Å². The van der Waals surface area contributed by atoms with Gasteiger partial charge in [-0.25, -0.2) is 13.1 Å². The van der Waals surface area contributed by atoms with Crippen LogP contribution in [0.15, 0.2) is 41.3 Å². The second-order valence-corrected chi connectivity index (χ2v) is 8.63. The molecule has 0 fully saturated rings. The van der Waals surface area contributed by atoms with Crippen LogP contribution in [0.3, 0.4) is 0 Å². The predicted octanol–water partition coefficient (Wildman–Crippen LogP) is 3.16. The Balaban J connectivity index is 1.83. The lowest BCUT2D eigenvalue weighted by Gasteiger charge is -2.12. The molecule has 0 spiro atoms. The molecule has 2 rings (SSSR count). The minimum absolute atomic E-state index is 0.0409. The molecule has 0 unspecified atom stereocenters. The van der Waals surface area contributed by atoms with Gasteiger partial charge in [0.25, 0.3) is 5.91 Å². The second kappa shape index (κ2) is 10.6. The number of benzene rings is 2. The normalized spacial score (nSPS) is 11.1. The van der Waals surface area contributed by atoms with Crippen molar-refractivity contribution in [2.24, 2.45) is 0 Å². The fraction of sp³-hybridized carbons (Fsp3) is 0.263. The van der Waals surface area contributed by atoms with E-state index in [2.05, 4.69) is 10.0 Å². The van der Waals surface area contributed by atoms with E-state index < -0.39 is 28.5 Å². The molecule has 30 heavy (non-hydrogen) atoms. The summed E-state index contributed by atoms with van der Waals surface area (Å²) in [5.41, 5.74) is 1.36. The van der Waals surface area contributed by atoms with E-state index in [0.717, 1.165) is 5.56 Å². The number of rotatable bonds is 9. The Hall–Kier alpha value is -2.33. The highest BCUT2D eigenvalue weighted by molar-refractivity contribution is 7.89. The molecule has 0 bridgehead atoms. The molecule has 2 aromatic carbocycles.